The number of carbonyl (C=O) groups is 1. The SMILES string of the molecule is CC1(CNC2CCCCNC2=O)CCC1. The van der Waals surface area contributed by atoms with E-state index in [1.165, 1.54) is 19.3 Å². The molecule has 0 aromatic carbocycles. The Bertz CT molecular complexity index is 236. The van der Waals surface area contributed by atoms with E-state index >= 15 is 0 Å². The molecule has 1 heterocycles. The van der Waals surface area contributed by atoms with Gasteiger partial charge in [-0.1, -0.05) is 13.3 Å². The number of amides is 1. The molecule has 2 aliphatic rings. The first-order valence-corrected chi connectivity index (χ1v) is 6.21. The van der Waals surface area contributed by atoms with Crippen LogP contribution in [0.15, 0.2) is 0 Å². The van der Waals surface area contributed by atoms with Crippen LogP contribution in [0.5, 0.6) is 0 Å². The average molecular weight is 210 g/mol. The van der Waals surface area contributed by atoms with E-state index < -0.39 is 0 Å². The second-order valence-corrected chi connectivity index (χ2v) is 5.38. The van der Waals surface area contributed by atoms with E-state index in [4.69, 9.17) is 0 Å². The first-order chi connectivity index (χ1) is 7.20. The zero-order chi connectivity index (χ0) is 10.7. The Labute approximate surface area is 92.0 Å². The topological polar surface area (TPSA) is 41.1 Å². The molecule has 86 valence electrons. The molecule has 2 fully saturated rings. The van der Waals surface area contributed by atoms with Crippen molar-refractivity contribution in [1.82, 2.24) is 10.6 Å². The van der Waals surface area contributed by atoms with Gasteiger partial charge in [0.2, 0.25) is 5.91 Å². The van der Waals surface area contributed by atoms with Gasteiger partial charge in [0, 0.05) is 13.1 Å². The van der Waals surface area contributed by atoms with Crippen molar-refractivity contribution in [1.29, 1.82) is 0 Å². The molecule has 3 nitrogen and oxygen atoms in total. The monoisotopic (exact) mass is 210 g/mol. The lowest BCUT2D eigenvalue weighted by Crippen LogP contribution is -2.48. The molecule has 0 bridgehead atoms. The fraction of sp³-hybridized carbons (Fsp3) is 0.917. The van der Waals surface area contributed by atoms with Gasteiger partial charge < -0.3 is 10.6 Å². The molecule has 1 aliphatic heterocycles. The molecular weight excluding hydrogens is 188 g/mol. The summed E-state index contributed by atoms with van der Waals surface area (Å²) in [5, 5.41) is 6.41. The Morgan fingerprint density at radius 1 is 1.40 bits per heavy atom. The molecule has 1 saturated carbocycles. The van der Waals surface area contributed by atoms with E-state index in [0.717, 1.165) is 32.4 Å². The normalized spacial score (nSPS) is 30.2. The maximum atomic E-state index is 11.7. The van der Waals surface area contributed by atoms with Crippen LogP contribution in [0.3, 0.4) is 0 Å². The second-order valence-electron chi connectivity index (χ2n) is 5.38. The maximum Gasteiger partial charge on any atom is 0.237 e. The van der Waals surface area contributed by atoms with E-state index in [1.807, 2.05) is 0 Å². The molecule has 1 atom stereocenters. The third kappa shape index (κ3) is 2.71. The Kier molecular flexibility index (Phi) is 3.29. The van der Waals surface area contributed by atoms with E-state index in [1.54, 1.807) is 0 Å². The fourth-order valence-corrected chi connectivity index (χ4v) is 2.46. The molecule has 2 rings (SSSR count). The van der Waals surface area contributed by atoms with E-state index in [2.05, 4.69) is 17.6 Å². The van der Waals surface area contributed by atoms with E-state index in [0.29, 0.717) is 5.41 Å². The predicted molar refractivity (Wildman–Crippen MR) is 60.6 cm³/mol. The minimum absolute atomic E-state index is 0.0601. The molecule has 1 amide bonds. The number of nitrogens with one attached hydrogen (secondary N) is 2. The van der Waals surface area contributed by atoms with Crippen molar-refractivity contribution in [3.05, 3.63) is 0 Å². The van der Waals surface area contributed by atoms with Crippen molar-refractivity contribution in [2.45, 2.75) is 51.5 Å². The third-order valence-corrected chi connectivity index (χ3v) is 3.87. The number of hydrogen-bond donors (Lipinski definition) is 2. The van der Waals surface area contributed by atoms with Crippen LogP contribution in [-0.4, -0.2) is 25.0 Å². The van der Waals surface area contributed by atoms with Crippen LogP contribution in [-0.2, 0) is 4.79 Å². The quantitative estimate of drug-likeness (QED) is 0.740. The summed E-state index contributed by atoms with van der Waals surface area (Å²) in [5.41, 5.74) is 0.465. The Hall–Kier alpha value is -0.570. The van der Waals surface area contributed by atoms with Gasteiger partial charge in [-0.05, 0) is 37.5 Å². The average Bonchev–Trinajstić information content (AvgIpc) is 2.37. The van der Waals surface area contributed by atoms with Gasteiger partial charge in [0.15, 0.2) is 0 Å². The van der Waals surface area contributed by atoms with Gasteiger partial charge in [-0.25, -0.2) is 0 Å². The number of carbonyl (C=O) groups excluding carboxylic acids is 1. The highest BCUT2D eigenvalue weighted by Gasteiger charge is 2.32. The molecule has 3 heteroatoms. The second kappa shape index (κ2) is 4.52. The Morgan fingerprint density at radius 2 is 2.20 bits per heavy atom. The highest BCUT2D eigenvalue weighted by molar-refractivity contribution is 5.81. The third-order valence-electron chi connectivity index (χ3n) is 3.87. The lowest BCUT2D eigenvalue weighted by Gasteiger charge is -2.39. The molecule has 1 unspecified atom stereocenters. The molecule has 1 aliphatic carbocycles. The van der Waals surface area contributed by atoms with Gasteiger partial charge in [0.1, 0.15) is 0 Å². The lowest BCUT2D eigenvalue weighted by atomic mass is 9.70. The summed E-state index contributed by atoms with van der Waals surface area (Å²) < 4.78 is 0. The summed E-state index contributed by atoms with van der Waals surface area (Å²) >= 11 is 0. The van der Waals surface area contributed by atoms with Crippen LogP contribution in [0.25, 0.3) is 0 Å². The lowest BCUT2D eigenvalue weighted by molar-refractivity contribution is -0.123. The minimum atomic E-state index is 0.0601. The zero-order valence-corrected chi connectivity index (χ0v) is 9.64. The van der Waals surface area contributed by atoms with Crippen LogP contribution in [0.2, 0.25) is 0 Å². The zero-order valence-electron chi connectivity index (χ0n) is 9.64. The molecule has 2 N–H and O–H groups in total. The summed E-state index contributed by atoms with van der Waals surface area (Å²) in [6.45, 7) is 4.18. The fourth-order valence-electron chi connectivity index (χ4n) is 2.46. The van der Waals surface area contributed by atoms with Crippen LogP contribution in [0, 0.1) is 5.41 Å². The van der Waals surface area contributed by atoms with Crippen molar-refractivity contribution in [3.8, 4) is 0 Å². The molecule has 1 saturated heterocycles. The van der Waals surface area contributed by atoms with Crippen molar-refractivity contribution in [3.63, 3.8) is 0 Å². The van der Waals surface area contributed by atoms with Gasteiger partial charge in [-0.3, -0.25) is 4.79 Å². The van der Waals surface area contributed by atoms with Gasteiger partial charge in [-0.2, -0.15) is 0 Å². The summed E-state index contributed by atoms with van der Waals surface area (Å²) in [5.74, 6) is 0.204. The predicted octanol–water partition coefficient (Wildman–Crippen LogP) is 1.43. The molecule has 0 spiro atoms. The number of rotatable bonds is 3. The van der Waals surface area contributed by atoms with Crippen LogP contribution >= 0.6 is 0 Å². The summed E-state index contributed by atoms with van der Waals surface area (Å²) in [4.78, 5) is 11.7. The highest BCUT2D eigenvalue weighted by atomic mass is 16.2. The van der Waals surface area contributed by atoms with Crippen molar-refractivity contribution >= 4 is 5.91 Å². The van der Waals surface area contributed by atoms with Crippen LogP contribution < -0.4 is 10.6 Å². The molecular formula is C12H22N2O. The minimum Gasteiger partial charge on any atom is -0.355 e. The van der Waals surface area contributed by atoms with Crippen LogP contribution in [0.4, 0.5) is 0 Å². The smallest absolute Gasteiger partial charge is 0.237 e. The summed E-state index contributed by atoms with van der Waals surface area (Å²) in [6, 6.07) is 0.0601. The largest absolute Gasteiger partial charge is 0.355 e. The van der Waals surface area contributed by atoms with Crippen molar-refractivity contribution in [2.24, 2.45) is 5.41 Å². The maximum absolute atomic E-state index is 11.7. The standard InChI is InChI=1S/C12H22N2O/c1-12(6-4-7-12)9-14-10-5-2-3-8-13-11(10)15/h10,14H,2-9H2,1H3,(H,13,15). The van der Waals surface area contributed by atoms with Gasteiger partial charge in [0.25, 0.3) is 0 Å². The molecule has 0 aromatic heterocycles. The first-order valence-electron chi connectivity index (χ1n) is 6.21. The van der Waals surface area contributed by atoms with E-state index in [-0.39, 0.29) is 11.9 Å². The van der Waals surface area contributed by atoms with Gasteiger partial charge in [-0.15, -0.1) is 0 Å². The highest BCUT2D eigenvalue weighted by Crippen LogP contribution is 2.39. The van der Waals surface area contributed by atoms with Crippen molar-refractivity contribution in [2.75, 3.05) is 13.1 Å². The Balaban J connectivity index is 1.79. The van der Waals surface area contributed by atoms with E-state index in [9.17, 15) is 4.79 Å². The molecule has 0 radical (unpaired) electrons. The number of hydrogen-bond acceptors (Lipinski definition) is 2. The van der Waals surface area contributed by atoms with Gasteiger partial charge in [0.05, 0.1) is 6.04 Å². The molecule has 15 heavy (non-hydrogen) atoms. The molecule has 0 aromatic rings. The van der Waals surface area contributed by atoms with Crippen LogP contribution in [0.1, 0.15) is 45.4 Å². The Morgan fingerprint density at radius 3 is 2.87 bits per heavy atom. The first kappa shape index (κ1) is 10.9. The van der Waals surface area contributed by atoms with Crippen molar-refractivity contribution < 1.29 is 4.79 Å². The summed E-state index contributed by atoms with van der Waals surface area (Å²) in [6.07, 6.45) is 7.27. The summed E-state index contributed by atoms with van der Waals surface area (Å²) in [7, 11) is 0. The van der Waals surface area contributed by atoms with Gasteiger partial charge >= 0.3 is 0 Å².